The van der Waals surface area contributed by atoms with Gasteiger partial charge in [0.25, 0.3) is 0 Å². The van der Waals surface area contributed by atoms with Crippen LogP contribution in [0.1, 0.15) is 61.0 Å². The number of esters is 1. The van der Waals surface area contributed by atoms with Crippen LogP contribution >= 0.6 is 0 Å². The van der Waals surface area contributed by atoms with Crippen LogP contribution in [0, 0.1) is 0 Å². The Kier molecular flexibility index (Phi) is 7.01. The van der Waals surface area contributed by atoms with Crippen LogP contribution in [0.25, 0.3) is 0 Å². The molecule has 0 saturated heterocycles. The van der Waals surface area contributed by atoms with Gasteiger partial charge in [0.2, 0.25) is 5.89 Å². The highest BCUT2D eigenvalue weighted by molar-refractivity contribution is 5.76. The Hall–Kier alpha value is -2.88. The number of nitrogens with zero attached hydrogens (tertiary/aromatic N) is 1. The summed E-state index contributed by atoms with van der Waals surface area (Å²) in [4.78, 5) is 16.8. The Morgan fingerprint density at radius 2 is 1.61 bits per heavy atom. The van der Waals surface area contributed by atoms with Gasteiger partial charge in [-0.2, -0.15) is 0 Å². The molecule has 1 aromatic heterocycles. The molecule has 0 N–H and O–H groups in total. The lowest BCUT2D eigenvalue weighted by Crippen LogP contribution is -2.21. The summed E-state index contributed by atoms with van der Waals surface area (Å²) in [6.45, 7) is 2.20. The van der Waals surface area contributed by atoms with Crippen molar-refractivity contribution in [2.24, 2.45) is 0 Å². The fourth-order valence-corrected chi connectivity index (χ4v) is 3.94. The molecule has 0 saturated carbocycles. The van der Waals surface area contributed by atoms with Gasteiger partial charge < -0.3 is 9.15 Å². The largest absolute Gasteiger partial charge is 0.468 e. The average molecular weight is 377 g/mol. The molecule has 3 aromatic rings. The van der Waals surface area contributed by atoms with Crippen molar-refractivity contribution < 1.29 is 13.9 Å². The van der Waals surface area contributed by atoms with E-state index in [0.29, 0.717) is 12.3 Å². The number of rotatable bonds is 9. The standard InChI is InChI=1S/C24H27NO3/c1-3-10-20(18-11-6-4-7-12-18)21(19-13-8-5-9-14-19)17-22(24(26)27-2)23-25-15-16-28-23/h4-9,11-16,20-22H,3,10,17H2,1-2H3. The van der Waals surface area contributed by atoms with Crippen LogP contribution in [0.3, 0.4) is 0 Å². The molecule has 4 heteroatoms. The second kappa shape index (κ2) is 9.88. The van der Waals surface area contributed by atoms with Crippen LogP contribution in [0.4, 0.5) is 0 Å². The van der Waals surface area contributed by atoms with E-state index in [2.05, 4.69) is 60.4 Å². The minimum atomic E-state index is -0.534. The molecule has 3 atom stereocenters. The summed E-state index contributed by atoms with van der Waals surface area (Å²) in [5.74, 6) is -0.00803. The SMILES string of the molecule is CCCC(c1ccccc1)C(CC(C(=O)OC)c1ncco1)c1ccccc1. The summed E-state index contributed by atoms with van der Waals surface area (Å²) in [5.41, 5.74) is 2.50. The predicted octanol–water partition coefficient (Wildman–Crippen LogP) is 5.69. The molecule has 0 amide bonds. The van der Waals surface area contributed by atoms with Crippen LogP contribution < -0.4 is 0 Å². The van der Waals surface area contributed by atoms with Crippen molar-refractivity contribution in [2.45, 2.75) is 43.9 Å². The van der Waals surface area contributed by atoms with Crippen LogP contribution in [0.5, 0.6) is 0 Å². The monoisotopic (exact) mass is 377 g/mol. The van der Waals surface area contributed by atoms with Crippen molar-refractivity contribution in [3.05, 3.63) is 90.1 Å². The van der Waals surface area contributed by atoms with E-state index < -0.39 is 5.92 Å². The molecular weight excluding hydrogens is 350 g/mol. The zero-order valence-electron chi connectivity index (χ0n) is 16.5. The number of carbonyl (C=O) groups excluding carboxylic acids is 1. The Morgan fingerprint density at radius 1 is 1.00 bits per heavy atom. The number of hydrogen-bond donors (Lipinski definition) is 0. The van der Waals surface area contributed by atoms with Crippen LogP contribution in [0.2, 0.25) is 0 Å². The van der Waals surface area contributed by atoms with Gasteiger partial charge in [0.1, 0.15) is 12.2 Å². The van der Waals surface area contributed by atoms with E-state index >= 15 is 0 Å². The highest BCUT2D eigenvalue weighted by Gasteiger charge is 2.33. The first-order valence-electron chi connectivity index (χ1n) is 9.81. The topological polar surface area (TPSA) is 52.3 Å². The maximum Gasteiger partial charge on any atom is 0.318 e. The smallest absolute Gasteiger partial charge is 0.318 e. The molecule has 0 spiro atoms. The molecule has 28 heavy (non-hydrogen) atoms. The predicted molar refractivity (Wildman–Crippen MR) is 109 cm³/mol. The van der Waals surface area contributed by atoms with Crippen molar-refractivity contribution in [2.75, 3.05) is 7.11 Å². The fourth-order valence-electron chi connectivity index (χ4n) is 3.94. The molecule has 0 fully saturated rings. The summed E-state index contributed by atoms with van der Waals surface area (Å²) in [5, 5.41) is 0. The van der Waals surface area contributed by atoms with E-state index in [1.165, 1.54) is 24.5 Å². The molecule has 4 nitrogen and oxygen atoms in total. The summed E-state index contributed by atoms with van der Waals surface area (Å²) in [7, 11) is 1.41. The molecule has 0 radical (unpaired) electrons. The van der Waals surface area contributed by atoms with E-state index in [1.54, 1.807) is 6.20 Å². The molecule has 0 bridgehead atoms. The molecule has 3 unspecified atom stereocenters. The van der Waals surface area contributed by atoms with Crippen molar-refractivity contribution >= 4 is 5.97 Å². The third-order valence-corrected chi connectivity index (χ3v) is 5.27. The van der Waals surface area contributed by atoms with E-state index in [-0.39, 0.29) is 17.8 Å². The summed E-state index contributed by atoms with van der Waals surface area (Å²) in [6, 6.07) is 20.9. The second-order valence-electron chi connectivity index (χ2n) is 7.00. The molecule has 0 aliphatic carbocycles. The first-order valence-corrected chi connectivity index (χ1v) is 9.81. The first-order chi connectivity index (χ1) is 13.7. The number of oxazole rings is 1. The quantitative estimate of drug-likeness (QED) is 0.450. The van der Waals surface area contributed by atoms with Crippen molar-refractivity contribution in [3.8, 4) is 0 Å². The van der Waals surface area contributed by atoms with Gasteiger partial charge in [-0.15, -0.1) is 0 Å². The highest BCUT2D eigenvalue weighted by Crippen LogP contribution is 2.42. The molecule has 2 aromatic carbocycles. The van der Waals surface area contributed by atoms with Crippen LogP contribution in [-0.2, 0) is 9.53 Å². The number of ether oxygens (including phenoxy) is 1. The summed E-state index contributed by atoms with van der Waals surface area (Å²) < 4.78 is 10.6. The summed E-state index contributed by atoms with van der Waals surface area (Å²) >= 11 is 0. The van der Waals surface area contributed by atoms with Gasteiger partial charge in [-0.3, -0.25) is 4.79 Å². The number of carbonyl (C=O) groups is 1. The van der Waals surface area contributed by atoms with Gasteiger partial charge in [-0.1, -0.05) is 74.0 Å². The van der Waals surface area contributed by atoms with Gasteiger partial charge in [-0.05, 0) is 35.8 Å². The van der Waals surface area contributed by atoms with Gasteiger partial charge in [-0.25, -0.2) is 4.98 Å². The third-order valence-electron chi connectivity index (χ3n) is 5.27. The van der Waals surface area contributed by atoms with E-state index in [1.807, 2.05) is 12.1 Å². The minimum Gasteiger partial charge on any atom is -0.468 e. The number of aromatic nitrogens is 1. The van der Waals surface area contributed by atoms with Gasteiger partial charge >= 0.3 is 5.97 Å². The van der Waals surface area contributed by atoms with Gasteiger partial charge in [0.05, 0.1) is 13.3 Å². The third kappa shape index (κ3) is 4.69. The normalized spacial score (nSPS) is 14.2. The lowest BCUT2D eigenvalue weighted by Gasteiger charge is -2.30. The number of benzene rings is 2. The van der Waals surface area contributed by atoms with Gasteiger partial charge in [0, 0.05) is 0 Å². The lowest BCUT2D eigenvalue weighted by atomic mass is 9.74. The Morgan fingerprint density at radius 3 is 2.11 bits per heavy atom. The highest BCUT2D eigenvalue weighted by atomic mass is 16.5. The van der Waals surface area contributed by atoms with Crippen molar-refractivity contribution in [1.82, 2.24) is 4.98 Å². The van der Waals surface area contributed by atoms with Crippen LogP contribution in [0.15, 0.2) is 77.5 Å². The Bertz CT molecular complexity index is 831. The fraction of sp³-hybridized carbons (Fsp3) is 0.333. The Balaban J connectivity index is 2.02. The number of hydrogen-bond acceptors (Lipinski definition) is 4. The Labute approximate surface area is 166 Å². The molecule has 0 aliphatic rings. The van der Waals surface area contributed by atoms with E-state index in [0.717, 1.165) is 12.8 Å². The zero-order valence-corrected chi connectivity index (χ0v) is 16.5. The molecule has 1 heterocycles. The second-order valence-corrected chi connectivity index (χ2v) is 7.00. The van der Waals surface area contributed by atoms with Crippen LogP contribution in [-0.4, -0.2) is 18.1 Å². The summed E-state index contributed by atoms with van der Waals surface area (Å²) in [6.07, 6.45) is 5.75. The zero-order chi connectivity index (χ0) is 19.8. The molecule has 3 rings (SSSR count). The average Bonchev–Trinajstić information content (AvgIpc) is 3.28. The number of methoxy groups -OCH3 is 1. The maximum absolute atomic E-state index is 12.6. The minimum absolute atomic E-state index is 0.138. The molecular formula is C24H27NO3. The van der Waals surface area contributed by atoms with E-state index in [4.69, 9.17) is 9.15 Å². The molecule has 0 aliphatic heterocycles. The van der Waals surface area contributed by atoms with E-state index in [9.17, 15) is 4.79 Å². The van der Waals surface area contributed by atoms with Crippen molar-refractivity contribution in [3.63, 3.8) is 0 Å². The first kappa shape index (κ1) is 19.9. The maximum atomic E-state index is 12.6. The lowest BCUT2D eigenvalue weighted by molar-refractivity contribution is -0.143. The van der Waals surface area contributed by atoms with Crippen molar-refractivity contribution in [1.29, 1.82) is 0 Å². The van der Waals surface area contributed by atoms with Gasteiger partial charge in [0.15, 0.2) is 0 Å². The molecule has 146 valence electrons.